The Balaban J connectivity index is 2.13. The van der Waals surface area contributed by atoms with Crippen LogP contribution in [0.3, 0.4) is 0 Å². The van der Waals surface area contributed by atoms with Gasteiger partial charge in [0.25, 0.3) is 0 Å². The Kier molecular flexibility index (Phi) is 2.25. The van der Waals surface area contributed by atoms with Gasteiger partial charge in [0, 0.05) is 10.8 Å². The SMILES string of the molecule is Cc1ccc2c(F)c3c(ccc4ccccc43)c3c2c1CC3. The van der Waals surface area contributed by atoms with Crippen LogP contribution in [-0.2, 0) is 12.8 Å². The van der Waals surface area contributed by atoms with Crippen molar-refractivity contribution in [3.05, 3.63) is 71.0 Å². The highest BCUT2D eigenvalue weighted by molar-refractivity contribution is 6.15. The third-order valence-electron chi connectivity index (χ3n) is 5.18. The second-order valence-corrected chi connectivity index (χ2v) is 6.29. The smallest absolute Gasteiger partial charge is 0.139 e. The Bertz CT molecular complexity index is 1090. The Morgan fingerprint density at radius 3 is 2.41 bits per heavy atom. The normalized spacial score (nSPS) is 13.5. The number of hydrogen-bond acceptors (Lipinski definition) is 0. The summed E-state index contributed by atoms with van der Waals surface area (Å²) in [6, 6.07) is 16.3. The van der Waals surface area contributed by atoms with Gasteiger partial charge in [0.2, 0.25) is 0 Å². The van der Waals surface area contributed by atoms with E-state index in [1.807, 2.05) is 24.3 Å². The van der Waals surface area contributed by atoms with E-state index in [1.165, 1.54) is 22.1 Å². The zero-order chi connectivity index (χ0) is 14.8. The third-order valence-corrected chi connectivity index (χ3v) is 5.18. The Hall–Kier alpha value is -2.41. The van der Waals surface area contributed by atoms with Crippen molar-refractivity contribution < 1.29 is 4.39 Å². The predicted octanol–water partition coefficient (Wildman–Crippen LogP) is 5.69. The maximum Gasteiger partial charge on any atom is 0.139 e. The zero-order valence-electron chi connectivity index (χ0n) is 12.4. The molecule has 0 unspecified atom stereocenters. The molecule has 5 rings (SSSR count). The molecule has 0 amide bonds. The number of hydrogen-bond donors (Lipinski definition) is 0. The van der Waals surface area contributed by atoms with Crippen LogP contribution in [0.1, 0.15) is 16.7 Å². The number of rotatable bonds is 0. The van der Waals surface area contributed by atoms with Gasteiger partial charge < -0.3 is 0 Å². The monoisotopic (exact) mass is 286 g/mol. The summed E-state index contributed by atoms with van der Waals surface area (Å²) in [4.78, 5) is 0. The minimum atomic E-state index is -0.0614. The minimum Gasteiger partial charge on any atom is -0.206 e. The molecule has 22 heavy (non-hydrogen) atoms. The highest BCUT2D eigenvalue weighted by atomic mass is 19.1. The first-order chi connectivity index (χ1) is 10.8. The van der Waals surface area contributed by atoms with Crippen molar-refractivity contribution in [2.75, 3.05) is 0 Å². The average Bonchev–Trinajstić information content (AvgIpc) is 2.99. The molecular formula is C21H15F. The van der Waals surface area contributed by atoms with Gasteiger partial charge in [0.15, 0.2) is 0 Å². The first-order valence-electron chi connectivity index (χ1n) is 7.79. The van der Waals surface area contributed by atoms with Crippen LogP contribution < -0.4 is 0 Å². The molecule has 4 aromatic rings. The van der Waals surface area contributed by atoms with Crippen molar-refractivity contribution in [1.82, 2.24) is 0 Å². The highest BCUT2D eigenvalue weighted by Crippen LogP contribution is 2.42. The molecule has 0 bridgehead atoms. The lowest BCUT2D eigenvalue weighted by Gasteiger charge is -2.12. The molecule has 0 atom stereocenters. The number of benzene rings is 4. The minimum absolute atomic E-state index is 0.0614. The van der Waals surface area contributed by atoms with E-state index in [0.717, 1.165) is 39.8 Å². The molecule has 0 fully saturated rings. The van der Waals surface area contributed by atoms with E-state index < -0.39 is 0 Å². The largest absolute Gasteiger partial charge is 0.206 e. The topological polar surface area (TPSA) is 0 Å². The van der Waals surface area contributed by atoms with Gasteiger partial charge in [-0.2, -0.15) is 0 Å². The summed E-state index contributed by atoms with van der Waals surface area (Å²) in [5, 5.41) is 5.96. The Morgan fingerprint density at radius 2 is 1.50 bits per heavy atom. The van der Waals surface area contributed by atoms with Crippen molar-refractivity contribution in [2.45, 2.75) is 19.8 Å². The molecule has 0 nitrogen and oxygen atoms in total. The first-order valence-corrected chi connectivity index (χ1v) is 7.79. The molecule has 0 saturated carbocycles. The second kappa shape index (κ2) is 4.07. The summed E-state index contributed by atoms with van der Waals surface area (Å²) in [7, 11) is 0. The van der Waals surface area contributed by atoms with Crippen LogP contribution >= 0.6 is 0 Å². The van der Waals surface area contributed by atoms with Crippen molar-refractivity contribution in [1.29, 1.82) is 0 Å². The Morgan fingerprint density at radius 1 is 0.727 bits per heavy atom. The van der Waals surface area contributed by atoms with Crippen molar-refractivity contribution >= 4 is 32.3 Å². The molecule has 4 aromatic carbocycles. The van der Waals surface area contributed by atoms with Crippen molar-refractivity contribution in [3.8, 4) is 0 Å². The van der Waals surface area contributed by atoms with E-state index in [2.05, 4.69) is 31.2 Å². The molecule has 1 aliphatic carbocycles. The molecule has 0 radical (unpaired) electrons. The molecule has 106 valence electrons. The molecule has 1 aliphatic rings. The fraction of sp³-hybridized carbons (Fsp3) is 0.143. The van der Waals surface area contributed by atoms with Gasteiger partial charge >= 0.3 is 0 Å². The predicted molar refractivity (Wildman–Crippen MR) is 91.1 cm³/mol. The van der Waals surface area contributed by atoms with Crippen LogP contribution in [0.15, 0.2) is 48.5 Å². The molecular weight excluding hydrogens is 271 g/mol. The number of fused-ring (bicyclic) bond motifs is 4. The third kappa shape index (κ3) is 1.36. The zero-order valence-corrected chi connectivity index (χ0v) is 12.4. The van der Waals surface area contributed by atoms with Gasteiger partial charge in [-0.25, -0.2) is 4.39 Å². The van der Waals surface area contributed by atoms with Crippen LogP contribution in [0.5, 0.6) is 0 Å². The lowest BCUT2D eigenvalue weighted by atomic mass is 9.92. The van der Waals surface area contributed by atoms with E-state index in [0.29, 0.717) is 0 Å². The average molecular weight is 286 g/mol. The molecule has 0 aliphatic heterocycles. The fourth-order valence-electron chi connectivity index (χ4n) is 4.14. The van der Waals surface area contributed by atoms with Gasteiger partial charge in [-0.3, -0.25) is 0 Å². The fourth-order valence-corrected chi connectivity index (χ4v) is 4.14. The van der Waals surface area contributed by atoms with Gasteiger partial charge in [-0.15, -0.1) is 0 Å². The molecule has 0 saturated heterocycles. The maximum absolute atomic E-state index is 15.3. The summed E-state index contributed by atoms with van der Waals surface area (Å²) < 4.78 is 15.3. The standard InChI is InChI=1S/C21H15F/c1-12-6-8-18-19-14(12)10-11-16(19)17-9-7-13-4-2-3-5-15(13)20(17)21(18)22/h2-9H,10-11H2,1H3. The van der Waals surface area contributed by atoms with Crippen LogP contribution in [0.2, 0.25) is 0 Å². The maximum atomic E-state index is 15.3. The lowest BCUT2D eigenvalue weighted by molar-refractivity contribution is 0.652. The molecule has 0 aromatic heterocycles. The Labute approximate surface area is 128 Å². The molecule has 1 heteroatoms. The van der Waals surface area contributed by atoms with Crippen LogP contribution in [0.25, 0.3) is 32.3 Å². The molecule has 0 heterocycles. The van der Waals surface area contributed by atoms with E-state index in [4.69, 9.17) is 0 Å². The molecule has 0 N–H and O–H groups in total. The summed E-state index contributed by atoms with van der Waals surface area (Å²) in [5.41, 5.74) is 3.95. The van der Waals surface area contributed by atoms with Gasteiger partial charge in [0.05, 0.1) is 0 Å². The second-order valence-electron chi connectivity index (χ2n) is 6.29. The van der Waals surface area contributed by atoms with E-state index in [9.17, 15) is 0 Å². The quantitative estimate of drug-likeness (QED) is 0.287. The lowest BCUT2D eigenvalue weighted by Crippen LogP contribution is -1.91. The summed E-state index contributed by atoms with van der Waals surface area (Å²) in [6.07, 6.45) is 2.05. The van der Waals surface area contributed by atoms with E-state index in [1.54, 1.807) is 0 Å². The van der Waals surface area contributed by atoms with Gasteiger partial charge in [-0.1, -0.05) is 48.5 Å². The van der Waals surface area contributed by atoms with Gasteiger partial charge in [0.1, 0.15) is 5.82 Å². The van der Waals surface area contributed by atoms with Crippen LogP contribution in [0.4, 0.5) is 4.39 Å². The molecule has 0 spiro atoms. The first kappa shape index (κ1) is 12.2. The highest BCUT2D eigenvalue weighted by Gasteiger charge is 2.23. The number of aryl methyl sites for hydroxylation is 3. The van der Waals surface area contributed by atoms with Gasteiger partial charge in [-0.05, 0) is 58.0 Å². The van der Waals surface area contributed by atoms with Crippen LogP contribution in [-0.4, -0.2) is 0 Å². The van der Waals surface area contributed by atoms with Crippen LogP contribution in [0, 0.1) is 12.7 Å². The van der Waals surface area contributed by atoms with E-state index >= 15 is 4.39 Å². The summed E-state index contributed by atoms with van der Waals surface area (Å²) in [5.74, 6) is -0.0614. The van der Waals surface area contributed by atoms with Crippen molar-refractivity contribution in [2.24, 2.45) is 0 Å². The number of halogens is 1. The van der Waals surface area contributed by atoms with E-state index in [-0.39, 0.29) is 5.82 Å². The van der Waals surface area contributed by atoms with Crippen molar-refractivity contribution in [3.63, 3.8) is 0 Å². The summed E-state index contributed by atoms with van der Waals surface area (Å²) >= 11 is 0. The summed E-state index contributed by atoms with van der Waals surface area (Å²) in [6.45, 7) is 2.13.